The van der Waals surface area contributed by atoms with Crippen LogP contribution in [0.2, 0.25) is 0 Å². The number of unbranched alkanes of at least 4 members (excludes halogenated alkanes) is 2. The van der Waals surface area contributed by atoms with E-state index in [2.05, 4.69) is 25.7 Å². The van der Waals surface area contributed by atoms with Gasteiger partial charge in [-0.2, -0.15) is 0 Å². The maximum atomic E-state index is 3.92. The largest absolute Gasteiger partial charge is 0.303 e. The number of hydrogen-bond donors (Lipinski definition) is 0. The Balaban J connectivity index is 3.25. The molecule has 0 saturated heterocycles. The van der Waals surface area contributed by atoms with Gasteiger partial charge in [-0.05, 0) is 39.4 Å². The highest BCUT2D eigenvalue weighted by Gasteiger charge is 1.98. The SMILES string of the molecule is [CH2]CN(CCCC)CCCC. The Bertz CT molecular complexity index is 63.3. The molecule has 0 rings (SSSR count). The highest BCUT2D eigenvalue weighted by molar-refractivity contribution is 4.58. The lowest BCUT2D eigenvalue weighted by molar-refractivity contribution is 0.291. The van der Waals surface area contributed by atoms with Crippen molar-refractivity contribution in [3.63, 3.8) is 0 Å². The van der Waals surface area contributed by atoms with Gasteiger partial charge in [-0.25, -0.2) is 0 Å². The maximum absolute atomic E-state index is 3.92. The van der Waals surface area contributed by atoms with E-state index in [-0.39, 0.29) is 0 Å². The molecule has 0 aliphatic rings. The predicted molar refractivity (Wildman–Crippen MR) is 51.6 cm³/mol. The van der Waals surface area contributed by atoms with Crippen LogP contribution in [0.25, 0.3) is 0 Å². The predicted octanol–water partition coefficient (Wildman–Crippen LogP) is 2.72. The van der Waals surface area contributed by atoms with Crippen LogP contribution in [-0.2, 0) is 0 Å². The molecule has 0 aromatic rings. The van der Waals surface area contributed by atoms with Crippen LogP contribution >= 0.6 is 0 Å². The van der Waals surface area contributed by atoms with Gasteiger partial charge in [0.2, 0.25) is 0 Å². The van der Waals surface area contributed by atoms with Gasteiger partial charge in [0.05, 0.1) is 0 Å². The second-order valence-corrected chi connectivity index (χ2v) is 3.05. The van der Waals surface area contributed by atoms with Crippen molar-refractivity contribution >= 4 is 0 Å². The molecular formula is C10H22N. The molecule has 0 fully saturated rings. The van der Waals surface area contributed by atoms with Crippen LogP contribution < -0.4 is 0 Å². The summed E-state index contributed by atoms with van der Waals surface area (Å²) in [6.07, 6.45) is 5.23. The fourth-order valence-corrected chi connectivity index (χ4v) is 1.10. The van der Waals surface area contributed by atoms with Gasteiger partial charge in [-0.15, -0.1) is 0 Å². The minimum Gasteiger partial charge on any atom is -0.303 e. The van der Waals surface area contributed by atoms with Crippen molar-refractivity contribution in [2.75, 3.05) is 19.6 Å². The van der Waals surface area contributed by atoms with Crippen molar-refractivity contribution in [2.45, 2.75) is 39.5 Å². The molecule has 0 aliphatic heterocycles. The van der Waals surface area contributed by atoms with Crippen LogP contribution in [-0.4, -0.2) is 24.5 Å². The first kappa shape index (κ1) is 11.0. The minimum absolute atomic E-state index is 0.972. The van der Waals surface area contributed by atoms with Gasteiger partial charge in [-0.1, -0.05) is 26.7 Å². The average molecular weight is 156 g/mol. The lowest BCUT2D eigenvalue weighted by Crippen LogP contribution is -2.25. The van der Waals surface area contributed by atoms with E-state index in [1.54, 1.807) is 0 Å². The Labute approximate surface area is 71.8 Å². The third kappa shape index (κ3) is 6.36. The van der Waals surface area contributed by atoms with Crippen molar-refractivity contribution in [1.82, 2.24) is 4.90 Å². The summed E-state index contributed by atoms with van der Waals surface area (Å²) in [5.41, 5.74) is 0. The number of hydrogen-bond acceptors (Lipinski definition) is 1. The molecule has 0 unspecified atom stereocenters. The van der Waals surface area contributed by atoms with E-state index in [4.69, 9.17) is 0 Å². The van der Waals surface area contributed by atoms with Gasteiger partial charge in [0.15, 0.2) is 0 Å². The molecule has 0 aromatic heterocycles. The Kier molecular flexibility index (Phi) is 8.03. The molecule has 0 aromatic carbocycles. The quantitative estimate of drug-likeness (QED) is 0.548. The summed E-state index contributed by atoms with van der Waals surface area (Å²) in [5.74, 6) is 0. The lowest BCUT2D eigenvalue weighted by Gasteiger charge is -2.19. The summed E-state index contributed by atoms with van der Waals surface area (Å²) in [7, 11) is 0. The zero-order valence-electron chi connectivity index (χ0n) is 8.10. The van der Waals surface area contributed by atoms with E-state index < -0.39 is 0 Å². The summed E-state index contributed by atoms with van der Waals surface area (Å²) < 4.78 is 0. The van der Waals surface area contributed by atoms with Crippen LogP contribution in [0.15, 0.2) is 0 Å². The molecule has 0 heterocycles. The summed E-state index contributed by atoms with van der Waals surface area (Å²) in [6, 6.07) is 0. The Morgan fingerprint density at radius 1 is 1.00 bits per heavy atom. The van der Waals surface area contributed by atoms with Crippen LogP contribution in [0, 0.1) is 6.92 Å². The van der Waals surface area contributed by atoms with Crippen molar-refractivity contribution in [3.8, 4) is 0 Å². The smallest absolute Gasteiger partial charge is 0.00183 e. The molecule has 0 aliphatic carbocycles. The first-order valence-corrected chi connectivity index (χ1v) is 4.86. The van der Waals surface area contributed by atoms with Gasteiger partial charge in [0.1, 0.15) is 0 Å². The van der Waals surface area contributed by atoms with Crippen molar-refractivity contribution in [2.24, 2.45) is 0 Å². The van der Waals surface area contributed by atoms with Gasteiger partial charge in [-0.3, -0.25) is 0 Å². The third-order valence-electron chi connectivity index (χ3n) is 1.97. The zero-order chi connectivity index (χ0) is 8.53. The highest BCUT2D eigenvalue weighted by atomic mass is 15.1. The fourth-order valence-electron chi connectivity index (χ4n) is 1.10. The van der Waals surface area contributed by atoms with Crippen LogP contribution in [0.1, 0.15) is 39.5 Å². The maximum Gasteiger partial charge on any atom is -0.00183 e. The normalized spacial score (nSPS) is 10.9. The Morgan fingerprint density at radius 3 is 1.73 bits per heavy atom. The summed E-state index contributed by atoms with van der Waals surface area (Å²) in [6.45, 7) is 11.8. The molecular weight excluding hydrogens is 134 g/mol. The van der Waals surface area contributed by atoms with Crippen LogP contribution in [0.4, 0.5) is 0 Å². The van der Waals surface area contributed by atoms with Gasteiger partial charge in [0.25, 0.3) is 0 Å². The standard InChI is InChI=1S/C10H22N/c1-4-7-9-11(6-3)10-8-5-2/h3-10H2,1-2H3. The minimum atomic E-state index is 0.972. The van der Waals surface area contributed by atoms with Gasteiger partial charge < -0.3 is 4.90 Å². The summed E-state index contributed by atoms with van der Waals surface area (Å²) in [4.78, 5) is 2.44. The third-order valence-corrected chi connectivity index (χ3v) is 1.97. The lowest BCUT2D eigenvalue weighted by atomic mass is 10.2. The summed E-state index contributed by atoms with van der Waals surface area (Å²) >= 11 is 0. The molecule has 1 nitrogen and oxygen atoms in total. The van der Waals surface area contributed by atoms with E-state index >= 15 is 0 Å². The molecule has 11 heavy (non-hydrogen) atoms. The molecule has 67 valence electrons. The molecule has 0 saturated carbocycles. The topological polar surface area (TPSA) is 3.24 Å². The molecule has 0 bridgehead atoms. The van der Waals surface area contributed by atoms with E-state index in [1.165, 1.54) is 38.8 Å². The van der Waals surface area contributed by atoms with E-state index in [1.807, 2.05) is 0 Å². The fraction of sp³-hybridized carbons (Fsp3) is 0.900. The monoisotopic (exact) mass is 156 g/mol. The first-order chi connectivity index (χ1) is 5.35. The van der Waals surface area contributed by atoms with Crippen LogP contribution in [0.5, 0.6) is 0 Å². The molecule has 1 radical (unpaired) electrons. The van der Waals surface area contributed by atoms with Crippen molar-refractivity contribution in [1.29, 1.82) is 0 Å². The summed E-state index contributed by atoms with van der Waals surface area (Å²) in [5, 5.41) is 0. The Morgan fingerprint density at radius 2 is 1.45 bits per heavy atom. The second-order valence-electron chi connectivity index (χ2n) is 3.05. The van der Waals surface area contributed by atoms with E-state index in [0.29, 0.717) is 0 Å². The number of nitrogens with zero attached hydrogens (tertiary/aromatic N) is 1. The number of rotatable bonds is 7. The first-order valence-electron chi connectivity index (χ1n) is 4.86. The molecule has 0 amide bonds. The zero-order valence-corrected chi connectivity index (χ0v) is 8.10. The van der Waals surface area contributed by atoms with E-state index in [0.717, 1.165) is 6.54 Å². The van der Waals surface area contributed by atoms with Crippen molar-refractivity contribution in [3.05, 3.63) is 6.92 Å². The van der Waals surface area contributed by atoms with Gasteiger partial charge >= 0.3 is 0 Å². The van der Waals surface area contributed by atoms with Crippen molar-refractivity contribution < 1.29 is 0 Å². The molecule has 0 spiro atoms. The van der Waals surface area contributed by atoms with Crippen LogP contribution in [0.3, 0.4) is 0 Å². The van der Waals surface area contributed by atoms with Gasteiger partial charge in [0, 0.05) is 0 Å². The Hall–Kier alpha value is -0.0400. The highest BCUT2D eigenvalue weighted by Crippen LogP contribution is 1.97. The molecule has 1 heteroatoms. The second kappa shape index (κ2) is 8.06. The average Bonchev–Trinajstić information content (AvgIpc) is 2.05. The molecule has 0 atom stereocenters. The van der Waals surface area contributed by atoms with E-state index in [9.17, 15) is 0 Å². The molecule has 0 N–H and O–H groups in total.